The molecule has 0 spiro atoms. The Kier molecular flexibility index (Phi) is 3.86. The Balaban J connectivity index is 2.24. The number of benzene rings is 1. The first kappa shape index (κ1) is 14.0. The number of alkyl halides is 1. The smallest absolute Gasteiger partial charge is 0.171 e. The molecule has 0 aromatic heterocycles. The Bertz CT molecular complexity index is 411. The van der Waals surface area contributed by atoms with E-state index in [4.69, 9.17) is 16.3 Å². The SMILES string of the molecule is CCOC(C)C(C)(C)C1(Cl)Nc2ccccc2S1. The van der Waals surface area contributed by atoms with E-state index in [1.54, 1.807) is 11.8 Å². The average molecular weight is 286 g/mol. The second-order valence-electron chi connectivity index (χ2n) is 5.14. The zero-order chi connectivity index (χ0) is 13.4. The molecule has 2 atom stereocenters. The minimum Gasteiger partial charge on any atom is -0.378 e. The Hall–Kier alpha value is -0.380. The summed E-state index contributed by atoms with van der Waals surface area (Å²) in [5.41, 5.74) is 0.906. The number of hydrogen-bond acceptors (Lipinski definition) is 3. The summed E-state index contributed by atoms with van der Waals surface area (Å²) in [7, 11) is 0. The molecule has 2 rings (SSSR count). The molecule has 2 nitrogen and oxygen atoms in total. The lowest BCUT2D eigenvalue weighted by molar-refractivity contribution is -0.00959. The van der Waals surface area contributed by atoms with Gasteiger partial charge in [0.25, 0.3) is 0 Å². The lowest BCUT2D eigenvalue weighted by atomic mass is 9.86. The molecule has 1 heterocycles. The molecule has 2 unspecified atom stereocenters. The lowest BCUT2D eigenvalue weighted by Crippen LogP contribution is -2.48. The normalized spacial score (nSPS) is 24.5. The highest BCUT2D eigenvalue weighted by Gasteiger charge is 2.51. The molecular formula is C14H20ClNOS. The number of fused-ring (bicyclic) bond motifs is 1. The van der Waals surface area contributed by atoms with Crippen LogP contribution in [0, 0.1) is 5.41 Å². The van der Waals surface area contributed by atoms with Crippen LogP contribution in [0.25, 0.3) is 0 Å². The molecule has 1 aliphatic heterocycles. The minimum absolute atomic E-state index is 0.0781. The number of thioether (sulfide) groups is 1. The number of nitrogens with one attached hydrogen (secondary N) is 1. The van der Waals surface area contributed by atoms with Crippen molar-refractivity contribution in [3.63, 3.8) is 0 Å². The quantitative estimate of drug-likeness (QED) is 0.648. The maximum Gasteiger partial charge on any atom is 0.171 e. The first-order chi connectivity index (χ1) is 8.40. The first-order valence-corrected chi connectivity index (χ1v) is 7.47. The maximum absolute atomic E-state index is 6.83. The molecule has 18 heavy (non-hydrogen) atoms. The van der Waals surface area contributed by atoms with Crippen LogP contribution in [0.1, 0.15) is 27.7 Å². The van der Waals surface area contributed by atoms with Crippen LogP contribution >= 0.6 is 23.4 Å². The van der Waals surface area contributed by atoms with Crippen LogP contribution in [0.4, 0.5) is 5.69 Å². The topological polar surface area (TPSA) is 21.3 Å². The largest absolute Gasteiger partial charge is 0.378 e. The fraction of sp³-hybridized carbons (Fsp3) is 0.571. The summed E-state index contributed by atoms with van der Waals surface area (Å²) in [5, 5.41) is 3.44. The standard InChI is InChI=1S/C14H20ClNOS/c1-5-17-10(2)13(3,4)14(15)16-11-8-6-7-9-12(11)18-14/h6-10,16H,5H2,1-4H3. The number of rotatable bonds is 4. The van der Waals surface area contributed by atoms with E-state index in [2.05, 4.69) is 38.2 Å². The lowest BCUT2D eigenvalue weighted by Gasteiger charge is -2.42. The summed E-state index contributed by atoms with van der Waals surface area (Å²) in [6.45, 7) is 9.09. The van der Waals surface area contributed by atoms with E-state index >= 15 is 0 Å². The van der Waals surface area contributed by atoms with E-state index in [1.165, 1.54) is 4.90 Å². The summed E-state index contributed by atoms with van der Waals surface area (Å²) in [5.74, 6) is 0. The van der Waals surface area contributed by atoms with Crippen molar-refractivity contribution >= 4 is 29.1 Å². The summed E-state index contributed by atoms with van der Waals surface area (Å²) in [6, 6.07) is 8.22. The molecule has 0 radical (unpaired) electrons. The van der Waals surface area contributed by atoms with Gasteiger partial charge in [-0.15, -0.1) is 0 Å². The Morgan fingerprint density at radius 1 is 1.44 bits per heavy atom. The van der Waals surface area contributed by atoms with Crippen LogP contribution in [0.15, 0.2) is 29.2 Å². The Morgan fingerprint density at radius 2 is 2.11 bits per heavy atom. The van der Waals surface area contributed by atoms with Gasteiger partial charge in [-0.3, -0.25) is 0 Å². The number of halogens is 1. The number of ether oxygens (including phenoxy) is 1. The molecular weight excluding hydrogens is 266 g/mol. The van der Waals surface area contributed by atoms with Gasteiger partial charge in [-0.1, -0.05) is 49.3 Å². The first-order valence-electron chi connectivity index (χ1n) is 6.27. The number of hydrogen-bond donors (Lipinski definition) is 1. The third kappa shape index (κ3) is 2.24. The highest BCUT2D eigenvalue weighted by molar-refractivity contribution is 8.02. The second-order valence-corrected chi connectivity index (χ2v) is 7.19. The van der Waals surface area contributed by atoms with Gasteiger partial charge in [0.15, 0.2) is 4.33 Å². The second kappa shape index (κ2) is 4.95. The zero-order valence-electron chi connectivity index (χ0n) is 11.3. The number of para-hydroxylation sites is 1. The predicted molar refractivity (Wildman–Crippen MR) is 79.4 cm³/mol. The molecule has 0 bridgehead atoms. The van der Waals surface area contributed by atoms with Crippen molar-refractivity contribution in [2.24, 2.45) is 5.41 Å². The van der Waals surface area contributed by atoms with Gasteiger partial charge >= 0.3 is 0 Å². The van der Waals surface area contributed by atoms with Crippen molar-refractivity contribution in [2.75, 3.05) is 11.9 Å². The fourth-order valence-corrected chi connectivity index (χ4v) is 3.80. The van der Waals surface area contributed by atoms with E-state index in [0.717, 1.165) is 5.69 Å². The van der Waals surface area contributed by atoms with Gasteiger partial charge < -0.3 is 10.1 Å². The fourth-order valence-electron chi connectivity index (χ4n) is 2.02. The van der Waals surface area contributed by atoms with Crippen LogP contribution in [0.3, 0.4) is 0 Å². The van der Waals surface area contributed by atoms with E-state index < -0.39 is 4.33 Å². The van der Waals surface area contributed by atoms with E-state index in [9.17, 15) is 0 Å². The van der Waals surface area contributed by atoms with Gasteiger partial charge in [-0.25, -0.2) is 0 Å². The third-order valence-corrected chi connectivity index (χ3v) is 5.99. The monoisotopic (exact) mass is 285 g/mol. The van der Waals surface area contributed by atoms with Gasteiger partial charge in [-0.05, 0) is 26.0 Å². The molecule has 1 aliphatic rings. The third-order valence-electron chi connectivity index (χ3n) is 3.69. The number of anilines is 1. The van der Waals surface area contributed by atoms with Crippen LogP contribution in [0.2, 0.25) is 0 Å². The molecule has 0 saturated carbocycles. The molecule has 0 aliphatic carbocycles. The Morgan fingerprint density at radius 3 is 2.72 bits per heavy atom. The molecule has 100 valence electrons. The van der Waals surface area contributed by atoms with Crippen LogP contribution < -0.4 is 5.32 Å². The maximum atomic E-state index is 6.83. The summed E-state index contributed by atoms with van der Waals surface area (Å²) < 4.78 is 5.18. The van der Waals surface area contributed by atoms with E-state index in [-0.39, 0.29) is 11.5 Å². The van der Waals surface area contributed by atoms with Gasteiger partial charge in [-0.2, -0.15) is 0 Å². The molecule has 0 amide bonds. The molecule has 1 N–H and O–H groups in total. The van der Waals surface area contributed by atoms with Gasteiger partial charge in [0.1, 0.15) is 0 Å². The van der Waals surface area contributed by atoms with E-state index in [0.29, 0.717) is 6.61 Å². The Labute approximate surface area is 118 Å². The summed E-state index contributed by atoms with van der Waals surface area (Å²) in [4.78, 5) is 1.20. The summed E-state index contributed by atoms with van der Waals surface area (Å²) >= 11 is 8.50. The molecule has 4 heteroatoms. The van der Waals surface area contributed by atoms with Crippen molar-refractivity contribution < 1.29 is 4.74 Å². The minimum atomic E-state index is -0.564. The van der Waals surface area contributed by atoms with Crippen molar-refractivity contribution in [3.05, 3.63) is 24.3 Å². The van der Waals surface area contributed by atoms with Crippen LogP contribution in [-0.4, -0.2) is 17.0 Å². The summed E-state index contributed by atoms with van der Waals surface area (Å²) in [6.07, 6.45) is 0.0781. The van der Waals surface area contributed by atoms with E-state index in [1.807, 2.05) is 19.1 Å². The molecule has 0 saturated heterocycles. The highest BCUT2D eigenvalue weighted by atomic mass is 35.5. The van der Waals surface area contributed by atoms with Crippen LogP contribution in [0.5, 0.6) is 0 Å². The molecule has 1 aromatic carbocycles. The molecule has 1 aromatic rings. The van der Waals surface area contributed by atoms with Crippen molar-refractivity contribution in [1.82, 2.24) is 0 Å². The van der Waals surface area contributed by atoms with Gasteiger partial charge in [0.05, 0.1) is 6.10 Å². The average Bonchev–Trinajstić information content (AvgIpc) is 2.67. The van der Waals surface area contributed by atoms with Gasteiger partial charge in [0.2, 0.25) is 0 Å². The van der Waals surface area contributed by atoms with Crippen molar-refractivity contribution in [1.29, 1.82) is 0 Å². The van der Waals surface area contributed by atoms with Gasteiger partial charge in [0, 0.05) is 22.6 Å². The predicted octanol–water partition coefficient (Wildman–Crippen LogP) is 4.55. The highest BCUT2D eigenvalue weighted by Crippen LogP contribution is 2.57. The van der Waals surface area contributed by atoms with Crippen LogP contribution in [-0.2, 0) is 4.74 Å². The zero-order valence-corrected chi connectivity index (χ0v) is 12.9. The molecule has 0 fully saturated rings. The van der Waals surface area contributed by atoms with Crippen molar-refractivity contribution in [2.45, 2.75) is 43.0 Å². The van der Waals surface area contributed by atoms with Crippen molar-refractivity contribution in [3.8, 4) is 0 Å².